The number of hydrogen-bond donors (Lipinski definition) is 1. The Bertz CT molecular complexity index is 814. The third-order valence-corrected chi connectivity index (χ3v) is 5.36. The summed E-state index contributed by atoms with van der Waals surface area (Å²) < 4.78 is 27.5. The molecule has 2 aromatic carbocycles. The molecular formula is C22H26F2N2O2. The molecule has 0 bridgehead atoms. The van der Waals surface area contributed by atoms with Crippen LogP contribution in [-0.4, -0.2) is 52.5 Å². The van der Waals surface area contributed by atoms with Crippen molar-refractivity contribution in [2.45, 2.75) is 39.0 Å². The largest absolute Gasteiger partial charge is 0.388 e. The number of halogens is 2. The number of rotatable bonds is 6. The molecule has 1 saturated heterocycles. The van der Waals surface area contributed by atoms with Crippen LogP contribution in [0, 0.1) is 11.6 Å². The maximum atomic E-state index is 14.0. The van der Waals surface area contributed by atoms with E-state index in [1.807, 2.05) is 12.1 Å². The molecule has 0 saturated carbocycles. The highest BCUT2D eigenvalue weighted by Crippen LogP contribution is 2.22. The lowest BCUT2D eigenvalue weighted by atomic mass is 10.0. The smallest absolute Gasteiger partial charge is 0.188 e. The number of piperazine rings is 1. The number of Topliss-reactive ketones (excluding diaryl/α,β-unsaturated/α-hetero) is 1. The number of hydrogen-bond acceptors (Lipinski definition) is 4. The summed E-state index contributed by atoms with van der Waals surface area (Å²) in [5.74, 6) is -1.08. The lowest BCUT2D eigenvalue weighted by Gasteiger charge is -2.44. The van der Waals surface area contributed by atoms with Crippen LogP contribution in [0.4, 0.5) is 8.78 Å². The summed E-state index contributed by atoms with van der Waals surface area (Å²) in [5.41, 5.74) is 1.99. The zero-order chi connectivity index (χ0) is 20.3. The number of ketones is 1. The molecule has 3 rings (SSSR count). The highest BCUT2D eigenvalue weighted by molar-refractivity contribution is 5.96. The lowest BCUT2D eigenvalue weighted by Crippen LogP contribution is -2.55. The van der Waals surface area contributed by atoms with Gasteiger partial charge in [-0.25, -0.2) is 8.78 Å². The van der Waals surface area contributed by atoms with Gasteiger partial charge in [0.25, 0.3) is 0 Å². The van der Waals surface area contributed by atoms with Gasteiger partial charge >= 0.3 is 0 Å². The average molecular weight is 388 g/mol. The summed E-state index contributed by atoms with van der Waals surface area (Å²) in [7, 11) is 0. The van der Waals surface area contributed by atoms with E-state index < -0.39 is 12.4 Å². The first kappa shape index (κ1) is 20.6. The normalized spacial score (nSPS) is 21.0. The molecule has 1 fully saturated rings. The molecule has 0 amide bonds. The number of benzene rings is 2. The Labute approximate surface area is 164 Å². The van der Waals surface area contributed by atoms with Crippen molar-refractivity contribution in [1.82, 2.24) is 9.80 Å². The van der Waals surface area contributed by atoms with Gasteiger partial charge in [-0.05, 0) is 37.6 Å². The second kappa shape index (κ2) is 8.90. The van der Waals surface area contributed by atoms with Gasteiger partial charge in [-0.2, -0.15) is 0 Å². The fraction of sp³-hybridized carbons (Fsp3) is 0.409. The minimum Gasteiger partial charge on any atom is -0.388 e. The predicted octanol–water partition coefficient (Wildman–Crippen LogP) is 3.23. The van der Waals surface area contributed by atoms with Crippen LogP contribution < -0.4 is 0 Å². The molecule has 2 atom stereocenters. The number of aliphatic hydroxyl groups excluding tert-OH is 1. The standard InChI is InChI=1S/C22H26F2N2O2/c1-15-10-25(12-17-3-5-18(6-4-17)22(28)14-27)11-16(2)26(15)13-19-9-20(23)7-8-21(19)24/h3-9,15-16,27H,10-14H2,1-2H3/t15-,16+. The molecule has 6 heteroatoms. The molecule has 1 heterocycles. The minimum atomic E-state index is -0.484. The topological polar surface area (TPSA) is 43.8 Å². The number of aliphatic hydroxyl groups is 1. The number of carbonyl (C=O) groups is 1. The van der Waals surface area contributed by atoms with Gasteiger partial charge in [0, 0.05) is 49.4 Å². The summed E-state index contributed by atoms with van der Waals surface area (Å²) in [5, 5.41) is 8.93. The van der Waals surface area contributed by atoms with Gasteiger partial charge < -0.3 is 5.11 Å². The Kier molecular flexibility index (Phi) is 6.54. The van der Waals surface area contributed by atoms with Crippen molar-refractivity contribution in [3.63, 3.8) is 0 Å². The van der Waals surface area contributed by atoms with E-state index in [1.54, 1.807) is 12.1 Å². The van der Waals surface area contributed by atoms with Gasteiger partial charge in [0.15, 0.2) is 5.78 Å². The van der Waals surface area contributed by atoms with Gasteiger partial charge in [0.1, 0.15) is 18.2 Å². The maximum absolute atomic E-state index is 14.0. The van der Waals surface area contributed by atoms with Crippen LogP contribution in [0.25, 0.3) is 0 Å². The van der Waals surface area contributed by atoms with Crippen LogP contribution in [0.2, 0.25) is 0 Å². The highest BCUT2D eigenvalue weighted by Gasteiger charge is 2.30. The second-order valence-corrected chi connectivity index (χ2v) is 7.58. The summed E-state index contributed by atoms with van der Waals surface area (Å²) in [6.07, 6.45) is 0. The Balaban J connectivity index is 1.63. The first-order chi connectivity index (χ1) is 13.4. The van der Waals surface area contributed by atoms with Crippen molar-refractivity contribution in [3.05, 3.63) is 70.8 Å². The molecule has 0 aromatic heterocycles. The fourth-order valence-corrected chi connectivity index (χ4v) is 3.91. The average Bonchev–Trinajstić information content (AvgIpc) is 2.67. The Hall–Kier alpha value is -2.15. The van der Waals surface area contributed by atoms with Crippen molar-refractivity contribution in [1.29, 1.82) is 0 Å². The number of nitrogens with zero attached hydrogens (tertiary/aromatic N) is 2. The van der Waals surface area contributed by atoms with Crippen molar-refractivity contribution in [3.8, 4) is 0 Å². The quantitative estimate of drug-likeness (QED) is 0.772. The van der Waals surface area contributed by atoms with Crippen molar-refractivity contribution in [2.24, 2.45) is 0 Å². The van der Waals surface area contributed by atoms with Crippen LogP contribution in [0.5, 0.6) is 0 Å². The zero-order valence-corrected chi connectivity index (χ0v) is 16.2. The molecule has 1 N–H and O–H groups in total. The molecule has 0 aliphatic carbocycles. The molecule has 2 aromatic rings. The monoisotopic (exact) mass is 388 g/mol. The van der Waals surface area contributed by atoms with Crippen molar-refractivity contribution >= 4 is 5.78 Å². The first-order valence-electron chi connectivity index (χ1n) is 9.52. The fourth-order valence-electron chi connectivity index (χ4n) is 3.91. The predicted molar refractivity (Wildman–Crippen MR) is 104 cm³/mol. The van der Waals surface area contributed by atoms with E-state index in [2.05, 4.69) is 23.6 Å². The first-order valence-corrected chi connectivity index (χ1v) is 9.52. The molecule has 1 aliphatic heterocycles. The van der Waals surface area contributed by atoms with E-state index in [1.165, 1.54) is 12.1 Å². The van der Waals surface area contributed by atoms with E-state index in [-0.39, 0.29) is 23.7 Å². The third kappa shape index (κ3) is 4.82. The van der Waals surface area contributed by atoms with Gasteiger partial charge in [-0.1, -0.05) is 24.3 Å². The van der Waals surface area contributed by atoms with E-state index >= 15 is 0 Å². The molecule has 1 aliphatic rings. The third-order valence-electron chi connectivity index (χ3n) is 5.36. The summed E-state index contributed by atoms with van der Waals surface area (Å²) >= 11 is 0. The Morgan fingerprint density at radius 1 is 1.04 bits per heavy atom. The zero-order valence-electron chi connectivity index (χ0n) is 16.2. The van der Waals surface area contributed by atoms with E-state index in [9.17, 15) is 13.6 Å². The van der Waals surface area contributed by atoms with Crippen LogP contribution in [0.1, 0.15) is 35.3 Å². The van der Waals surface area contributed by atoms with E-state index in [0.717, 1.165) is 31.3 Å². The van der Waals surface area contributed by atoms with Crippen molar-refractivity contribution < 1.29 is 18.7 Å². The van der Waals surface area contributed by atoms with Crippen molar-refractivity contribution in [2.75, 3.05) is 19.7 Å². The summed E-state index contributed by atoms with van der Waals surface area (Å²) in [4.78, 5) is 16.1. The van der Waals surface area contributed by atoms with Gasteiger partial charge in [0.2, 0.25) is 0 Å². The molecule has 0 radical (unpaired) electrons. The maximum Gasteiger partial charge on any atom is 0.188 e. The van der Waals surface area contributed by atoms with Gasteiger partial charge in [-0.15, -0.1) is 0 Å². The number of carbonyl (C=O) groups excluding carboxylic acids is 1. The van der Waals surface area contributed by atoms with E-state index in [4.69, 9.17) is 5.11 Å². The molecule has 28 heavy (non-hydrogen) atoms. The molecule has 0 spiro atoms. The Morgan fingerprint density at radius 2 is 1.68 bits per heavy atom. The summed E-state index contributed by atoms with van der Waals surface area (Å²) in [6.45, 7) is 6.49. The van der Waals surface area contributed by atoms with Crippen LogP contribution in [-0.2, 0) is 13.1 Å². The highest BCUT2D eigenvalue weighted by atomic mass is 19.1. The van der Waals surface area contributed by atoms with Gasteiger partial charge in [-0.3, -0.25) is 14.6 Å². The lowest BCUT2D eigenvalue weighted by molar-refractivity contribution is 0.0283. The minimum absolute atomic E-state index is 0.196. The van der Waals surface area contributed by atoms with E-state index in [0.29, 0.717) is 17.7 Å². The SMILES string of the molecule is C[C@@H]1CN(Cc2ccc(C(=O)CO)cc2)C[C@H](C)N1Cc1cc(F)ccc1F. The Morgan fingerprint density at radius 3 is 2.29 bits per heavy atom. The molecular weight excluding hydrogens is 362 g/mol. The van der Waals surface area contributed by atoms with Crippen LogP contribution in [0.3, 0.4) is 0 Å². The molecule has 4 nitrogen and oxygen atoms in total. The summed E-state index contributed by atoms with van der Waals surface area (Å²) in [6, 6.07) is 11.3. The van der Waals surface area contributed by atoms with Crippen LogP contribution >= 0.6 is 0 Å². The van der Waals surface area contributed by atoms with Crippen LogP contribution in [0.15, 0.2) is 42.5 Å². The second-order valence-electron chi connectivity index (χ2n) is 7.58. The van der Waals surface area contributed by atoms with Gasteiger partial charge in [0.05, 0.1) is 0 Å². The molecule has 150 valence electrons. The molecule has 0 unspecified atom stereocenters.